The molecule has 1 heterocycles. The molecular weight excluding hydrogens is 200 g/mol. The summed E-state index contributed by atoms with van der Waals surface area (Å²) < 4.78 is 5.48. The highest BCUT2D eigenvalue weighted by molar-refractivity contribution is 5.28. The Kier molecular flexibility index (Phi) is 3.15. The third-order valence-corrected chi connectivity index (χ3v) is 3.40. The molecule has 0 amide bonds. The lowest BCUT2D eigenvalue weighted by Gasteiger charge is -2.23. The largest absolute Gasteiger partial charge is 0.492 e. The van der Waals surface area contributed by atoms with E-state index < -0.39 is 0 Å². The first kappa shape index (κ1) is 11.4. The SMILES string of the molecule is CCOc1cncc(C(NC)C2(C)CC2)c1. The van der Waals surface area contributed by atoms with E-state index in [0.29, 0.717) is 18.1 Å². The van der Waals surface area contributed by atoms with Gasteiger partial charge in [-0.3, -0.25) is 4.98 Å². The number of pyridine rings is 1. The Morgan fingerprint density at radius 1 is 1.50 bits per heavy atom. The second-order valence-electron chi connectivity index (χ2n) is 4.76. The zero-order chi connectivity index (χ0) is 11.6. The van der Waals surface area contributed by atoms with Crippen LogP contribution in [-0.2, 0) is 0 Å². The molecule has 1 aromatic rings. The molecule has 1 aromatic heterocycles. The standard InChI is InChI=1S/C13H20N2O/c1-4-16-11-7-10(8-15-9-11)12(14-3)13(2)5-6-13/h7-9,12,14H,4-6H2,1-3H3. The zero-order valence-corrected chi connectivity index (χ0v) is 10.3. The fraction of sp³-hybridized carbons (Fsp3) is 0.615. The predicted octanol–water partition coefficient (Wildman–Crippen LogP) is 2.54. The van der Waals surface area contributed by atoms with Gasteiger partial charge in [-0.25, -0.2) is 0 Å². The van der Waals surface area contributed by atoms with Crippen LogP contribution in [0.2, 0.25) is 0 Å². The summed E-state index contributed by atoms with van der Waals surface area (Å²) in [5.41, 5.74) is 1.63. The molecule has 1 unspecified atom stereocenters. The number of rotatable bonds is 5. The van der Waals surface area contributed by atoms with Gasteiger partial charge in [0.1, 0.15) is 5.75 Å². The Balaban J connectivity index is 2.21. The van der Waals surface area contributed by atoms with Gasteiger partial charge in [-0.05, 0) is 43.9 Å². The lowest BCUT2D eigenvalue weighted by Crippen LogP contribution is -2.24. The quantitative estimate of drug-likeness (QED) is 0.828. The van der Waals surface area contributed by atoms with Crippen LogP contribution in [-0.4, -0.2) is 18.6 Å². The van der Waals surface area contributed by atoms with Crippen LogP contribution < -0.4 is 10.1 Å². The Bertz CT molecular complexity index is 361. The minimum atomic E-state index is 0.389. The van der Waals surface area contributed by atoms with Crippen molar-refractivity contribution in [1.29, 1.82) is 0 Å². The molecule has 1 aliphatic carbocycles. The van der Waals surface area contributed by atoms with Crippen molar-refractivity contribution in [2.75, 3.05) is 13.7 Å². The summed E-state index contributed by atoms with van der Waals surface area (Å²) in [7, 11) is 2.02. The Morgan fingerprint density at radius 2 is 2.25 bits per heavy atom. The second-order valence-corrected chi connectivity index (χ2v) is 4.76. The molecule has 3 heteroatoms. The normalized spacial score (nSPS) is 19.2. The molecule has 1 atom stereocenters. The van der Waals surface area contributed by atoms with Crippen molar-refractivity contribution in [3.05, 3.63) is 24.0 Å². The van der Waals surface area contributed by atoms with Gasteiger partial charge in [0.25, 0.3) is 0 Å². The molecule has 0 aromatic carbocycles. The molecule has 88 valence electrons. The van der Waals surface area contributed by atoms with Crippen molar-refractivity contribution in [1.82, 2.24) is 10.3 Å². The van der Waals surface area contributed by atoms with Crippen molar-refractivity contribution in [3.63, 3.8) is 0 Å². The maximum Gasteiger partial charge on any atom is 0.137 e. The minimum Gasteiger partial charge on any atom is -0.492 e. The number of nitrogens with one attached hydrogen (secondary N) is 1. The maximum atomic E-state index is 5.48. The van der Waals surface area contributed by atoms with Crippen LogP contribution in [0.25, 0.3) is 0 Å². The van der Waals surface area contributed by atoms with Crippen LogP contribution in [0.1, 0.15) is 38.3 Å². The number of aromatic nitrogens is 1. The van der Waals surface area contributed by atoms with Gasteiger partial charge in [-0.1, -0.05) is 6.92 Å². The Morgan fingerprint density at radius 3 is 2.81 bits per heavy atom. The fourth-order valence-corrected chi connectivity index (χ4v) is 2.24. The first-order valence-corrected chi connectivity index (χ1v) is 5.94. The van der Waals surface area contributed by atoms with E-state index in [-0.39, 0.29) is 0 Å². The van der Waals surface area contributed by atoms with Gasteiger partial charge in [-0.15, -0.1) is 0 Å². The summed E-state index contributed by atoms with van der Waals surface area (Å²) in [5, 5.41) is 3.39. The van der Waals surface area contributed by atoms with E-state index >= 15 is 0 Å². The smallest absolute Gasteiger partial charge is 0.137 e. The highest BCUT2D eigenvalue weighted by Gasteiger charge is 2.44. The zero-order valence-electron chi connectivity index (χ0n) is 10.3. The first-order valence-electron chi connectivity index (χ1n) is 5.94. The summed E-state index contributed by atoms with van der Waals surface area (Å²) >= 11 is 0. The van der Waals surface area contributed by atoms with Crippen molar-refractivity contribution in [2.45, 2.75) is 32.7 Å². The van der Waals surface area contributed by atoms with Crippen molar-refractivity contribution in [3.8, 4) is 5.75 Å². The fourth-order valence-electron chi connectivity index (χ4n) is 2.24. The Labute approximate surface area is 97.2 Å². The number of hydrogen-bond acceptors (Lipinski definition) is 3. The van der Waals surface area contributed by atoms with Gasteiger partial charge < -0.3 is 10.1 Å². The van der Waals surface area contributed by atoms with E-state index in [2.05, 4.69) is 23.3 Å². The maximum absolute atomic E-state index is 5.48. The molecule has 1 saturated carbocycles. The van der Waals surface area contributed by atoms with Gasteiger partial charge in [0.05, 0.1) is 12.8 Å². The van der Waals surface area contributed by atoms with E-state index in [1.54, 1.807) is 6.20 Å². The van der Waals surface area contributed by atoms with Gasteiger partial charge in [0.2, 0.25) is 0 Å². The van der Waals surface area contributed by atoms with Gasteiger partial charge in [0, 0.05) is 12.2 Å². The second kappa shape index (κ2) is 4.42. The average Bonchev–Trinajstić information content (AvgIpc) is 2.99. The lowest BCUT2D eigenvalue weighted by atomic mass is 9.93. The highest BCUT2D eigenvalue weighted by atomic mass is 16.5. The number of hydrogen-bond donors (Lipinski definition) is 1. The third kappa shape index (κ3) is 2.19. The molecule has 0 radical (unpaired) electrons. The van der Waals surface area contributed by atoms with Crippen molar-refractivity contribution >= 4 is 0 Å². The molecule has 0 bridgehead atoms. The molecule has 16 heavy (non-hydrogen) atoms. The molecule has 1 aliphatic rings. The third-order valence-electron chi connectivity index (χ3n) is 3.40. The average molecular weight is 220 g/mol. The predicted molar refractivity (Wildman–Crippen MR) is 64.5 cm³/mol. The monoisotopic (exact) mass is 220 g/mol. The molecule has 0 spiro atoms. The first-order chi connectivity index (χ1) is 7.69. The van der Waals surface area contributed by atoms with E-state index in [1.165, 1.54) is 18.4 Å². The molecular formula is C13H20N2O. The van der Waals surface area contributed by atoms with Gasteiger partial charge >= 0.3 is 0 Å². The summed E-state index contributed by atoms with van der Waals surface area (Å²) in [4.78, 5) is 4.25. The molecule has 1 N–H and O–H groups in total. The highest BCUT2D eigenvalue weighted by Crippen LogP contribution is 2.54. The number of nitrogens with zero attached hydrogens (tertiary/aromatic N) is 1. The molecule has 2 rings (SSSR count). The molecule has 0 aliphatic heterocycles. The summed E-state index contributed by atoms with van der Waals surface area (Å²) in [6.07, 6.45) is 6.29. The van der Waals surface area contributed by atoms with E-state index in [9.17, 15) is 0 Å². The summed E-state index contributed by atoms with van der Waals surface area (Å²) in [6, 6.07) is 2.49. The van der Waals surface area contributed by atoms with E-state index in [0.717, 1.165) is 5.75 Å². The summed E-state index contributed by atoms with van der Waals surface area (Å²) in [5.74, 6) is 0.865. The molecule has 0 saturated heterocycles. The van der Waals surface area contributed by atoms with Gasteiger partial charge in [0.15, 0.2) is 0 Å². The van der Waals surface area contributed by atoms with Crippen LogP contribution in [0.5, 0.6) is 5.75 Å². The Hall–Kier alpha value is -1.09. The van der Waals surface area contributed by atoms with Gasteiger partial charge in [-0.2, -0.15) is 0 Å². The minimum absolute atomic E-state index is 0.389. The van der Waals surface area contributed by atoms with E-state index in [1.807, 2.05) is 20.2 Å². The van der Waals surface area contributed by atoms with Crippen LogP contribution in [0, 0.1) is 5.41 Å². The molecule has 3 nitrogen and oxygen atoms in total. The van der Waals surface area contributed by atoms with Crippen LogP contribution >= 0.6 is 0 Å². The van der Waals surface area contributed by atoms with Crippen LogP contribution in [0.4, 0.5) is 0 Å². The molecule has 1 fully saturated rings. The summed E-state index contributed by atoms with van der Waals surface area (Å²) in [6.45, 7) is 5.00. The van der Waals surface area contributed by atoms with Crippen LogP contribution in [0.3, 0.4) is 0 Å². The lowest BCUT2D eigenvalue weighted by molar-refractivity contribution is 0.335. The van der Waals surface area contributed by atoms with Crippen molar-refractivity contribution in [2.24, 2.45) is 5.41 Å². The van der Waals surface area contributed by atoms with Crippen molar-refractivity contribution < 1.29 is 4.74 Å². The van der Waals surface area contributed by atoms with E-state index in [4.69, 9.17) is 4.74 Å². The topological polar surface area (TPSA) is 34.1 Å². The van der Waals surface area contributed by atoms with Crippen LogP contribution in [0.15, 0.2) is 18.5 Å². The number of ether oxygens (including phenoxy) is 1.